The van der Waals surface area contributed by atoms with E-state index >= 15 is 0 Å². The van der Waals surface area contributed by atoms with E-state index in [9.17, 15) is 4.79 Å². The van der Waals surface area contributed by atoms with Crippen LogP contribution >= 0.6 is 0 Å². The van der Waals surface area contributed by atoms with Gasteiger partial charge in [0, 0.05) is 37.9 Å². The lowest BCUT2D eigenvalue weighted by molar-refractivity contribution is -0.114. The van der Waals surface area contributed by atoms with E-state index in [1.807, 2.05) is 36.0 Å². The quantitative estimate of drug-likeness (QED) is 0.506. The zero-order valence-corrected chi connectivity index (χ0v) is 17.8. The van der Waals surface area contributed by atoms with Crippen LogP contribution in [0.25, 0.3) is 0 Å². The number of hydrogen-bond donors (Lipinski definition) is 3. The van der Waals surface area contributed by atoms with Gasteiger partial charge in [0.25, 0.3) is 0 Å². The van der Waals surface area contributed by atoms with E-state index in [1.165, 1.54) is 18.2 Å². The summed E-state index contributed by atoms with van der Waals surface area (Å²) < 4.78 is 1.93. The van der Waals surface area contributed by atoms with Crippen LogP contribution in [-0.4, -0.2) is 34.2 Å². The highest BCUT2D eigenvalue weighted by Gasteiger charge is 2.14. The third-order valence-corrected chi connectivity index (χ3v) is 4.56. The van der Waals surface area contributed by atoms with Gasteiger partial charge in [-0.15, -0.1) is 0 Å². The summed E-state index contributed by atoms with van der Waals surface area (Å²) >= 11 is 0. The summed E-state index contributed by atoms with van der Waals surface area (Å²) in [6.07, 6.45) is 0.883. The Morgan fingerprint density at radius 2 is 2.07 bits per heavy atom. The first kappa shape index (κ1) is 21.5. The molecule has 1 unspecified atom stereocenters. The first-order valence-electron chi connectivity index (χ1n) is 9.70. The Bertz CT molecular complexity index is 839. The van der Waals surface area contributed by atoms with E-state index in [2.05, 4.69) is 48.7 Å². The molecule has 7 nitrogen and oxygen atoms in total. The molecule has 0 saturated heterocycles. The van der Waals surface area contributed by atoms with Crippen LogP contribution in [-0.2, 0) is 24.8 Å². The zero-order chi connectivity index (χ0) is 20.7. The van der Waals surface area contributed by atoms with E-state index in [0.717, 1.165) is 35.9 Å². The molecule has 0 spiro atoms. The van der Waals surface area contributed by atoms with Crippen molar-refractivity contribution in [3.05, 3.63) is 46.8 Å². The normalized spacial score (nSPS) is 12.6. The topological polar surface area (TPSA) is 83.3 Å². The summed E-state index contributed by atoms with van der Waals surface area (Å²) in [5, 5.41) is 14.1. The van der Waals surface area contributed by atoms with Gasteiger partial charge in [-0.2, -0.15) is 5.10 Å². The van der Waals surface area contributed by atoms with Crippen molar-refractivity contribution in [1.29, 1.82) is 0 Å². The number of carbonyl (C=O) groups excluding carboxylic acids is 1. The minimum absolute atomic E-state index is 0.0783. The van der Waals surface area contributed by atoms with Crippen molar-refractivity contribution < 1.29 is 4.79 Å². The Kier molecular flexibility index (Phi) is 7.61. The number of aryl methyl sites for hydroxylation is 2. The van der Waals surface area contributed by atoms with E-state index in [1.54, 1.807) is 0 Å². The van der Waals surface area contributed by atoms with Crippen LogP contribution in [0.4, 0.5) is 5.69 Å². The van der Waals surface area contributed by atoms with Crippen LogP contribution < -0.4 is 16.0 Å². The van der Waals surface area contributed by atoms with Gasteiger partial charge in [-0.05, 0) is 57.4 Å². The number of aliphatic imine (C=N–C) groups is 1. The predicted molar refractivity (Wildman–Crippen MR) is 115 cm³/mol. The Labute approximate surface area is 167 Å². The standard InChI is InChI=1S/C21H32N6O/c1-7-22-21(23-13-18-9-8-10-19(12-18)25-17(5)28)24-14(2)11-20-15(3)26-27(6)16(20)4/h8-10,12,14H,7,11,13H2,1-6H3,(H,25,28)(H2,22,23,24). The molecule has 2 rings (SSSR count). The van der Waals surface area contributed by atoms with Gasteiger partial charge in [0.05, 0.1) is 12.2 Å². The molecule has 0 radical (unpaired) electrons. The van der Waals surface area contributed by atoms with Crippen LogP contribution in [0.2, 0.25) is 0 Å². The summed E-state index contributed by atoms with van der Waals surface area (Å²) in [6.45, 7) is 11.2. The van der Waals surface area contributed by atoms with E-state index in [4.69, 9.17) is 4.99 Å². The van der Waals surface area contributed by atoms with Crippen LogP contribution in [0.15, 0.2) is 29.3 Å². The molecule has 0 bridgehead atoms. The third kappa shape index (κ3) is 6.11. The number of aromatic nitrogens is 2. The Balaban J connectivity index is 2.04. The van der Waals surface area contributed by atoms with E-state index in [-0.39, 0.29) is 11.9 Å². The fourth-order valence-electron chi connectivity index (χ4n) is 3.14. The molecule has 1 amide bonds. The van der Waals surface area contributed by atoms with Gasteiger partial charge in [0.15, 0.2) is 5.96 Å². The monoisotopic (exact) mass is 384 g/mol. The summed E-state index contributed by atoms with van der Waals surface area (Å²) in [4.78, 5) is 15.9. The van der Waals surface area contributed by atoms with Gasteiger partial charge < -0.3 is 16.0 Å². The largest absolute Gasteiger partial charge is 0.357 e. The molecule has 0 fully saturated rings. The van der Waals surface area contributed by atoms with Crippen LogP contribution in [0, 0.1) is 13.8 Å². The SMILES string of the molecule is CCNC(=NCc1cccc(NC(C)=O)c1)NC(C)Cc1c(C)nn(C)c1C. The van der Waals surface area contributed by atoms with Gasteiger partial charge >= 0.3 is 0 Å². The second-order valence-electron chi connectivity index (χ2n) is 7.10. The highest BCUT2D eigenvalue weighted by molar-refractivity contribution is 5.88. The molecule has 7 heteroatoms. The average molecular weight is 385 g/mol. The first-order valence-corrected chi connectivity index (χ1v) is 9.70. The number of amides is 1. The fraction of sp³-hybridized carbons (Fsp3) is 0.476. The molecule has 0 aliphatic heterocycles. The molecule has 1 aromatic carbocycles. The molecular formula is C21H32N6O. The number of anilines is 1. The summed E-state index contributed by atoms with van der Waals surface area (Å²) in [5.74, 6) is 0.699. The van der Waals surface area contributed by atoms with Crippen molar-refractivity contribution in [3.63, 3.8) is 0 Å². The number of nitrogens with one attached hydrogen (secondary N) is 3. The molecule has 0 saturated carbocycles. The molecule has 0 aliphatic carbocycles. The Hall–Kier alpha value is -2.83. The summed E-state index contributed by atoms with van der Waals surface area (Å²) in [5.41, 5.74) is 5.37. The van der Waals surface area contributed by atoms with Crippen LogP contribution in [0.5, 0.6) is 0 Å². The number of hydrogen-bond acceptors (Lipinski definition) is 3. The van der Waals surface area contributed by atoms with Gasteiger partial charge in [-0.1, -0.05) is 12.1 Å². The summed E-state index contributed by atoms with van der Waals surface area (Å²) in [6, 6.07) is 7.96. The van der Waals surface area contributed by atoms with Gasteiger partial charge in [-0.3, -0.25) is 9.48 Å². The van der Waals surface area contributed by atoms with Crippen molar-refractivity contribution in [1.82, 2.24) is 20.4 Å². The second kappa shape index (κ2) is 9.92. The number of benzene rings is 1. The maximum atomic E-state index is 11.2. The lowest BCUT2D eigenvalue weighted by Crippen LogP contribution is -2.43. The minimum Gasteiger partial charge on any atom is -0.357 e. The zero-order valence-electron chi connectivity index (χ0n) is 17.8. The van der Waals surface area contributed by atoms with Crippen molar-refractivity contribution >= 4 is 17.6 Å². The second-order valence-corrected chi connectivity index (χ2v) is 7.10. The molecule has 1 aromatic heterocycles. The molecule has 2 aromatic rings. The summed E-state index contributed by atoms with van der Waals surface area (Å²) in [7, 11) is 1.98. The maximum Gasteiger partial charge on any atom is 0.221 e. The molecule has 1 atom stereocenters. The van der Waals surface area contributed by atoms with Crippen molar-refractivity contribution in [2.45, 2.75) is 53.6 Å². The molecule has 0 aliphatic rings. The fourth-order valence-corrected chi connectivity index (χ4v) is 3.14. The number of rotatable bonds is 7. The Morgan fingerprint density at radius 3 is 2.68 bits per heavy atom. The van der Waals surface area contributed by atoms with Crippen LogP contribution in [0.1, 0.15) is 43.3 Å². The van der Waals surface area contributed by atoms with Crippen LogP contribution in [0.3, 0.4) is 0 Å². The number of carbonyl (C=O) groups is 1. The van der Waals surface area contributed by atoms with E-state index in [0.29, 0.717) is 6.54 Å². The minimum atomic E-state index is -0.0783. The van der Waals surface area contributed by atoms with Crippen molar-refractivity contribution in [2.75, 3.05) is 11.9 Å². The van der Waals surface area contributed by atoms with Crippen molar-refractivity contribution in [3.8, 4) is 0 Å². The average Bonchev–Trinajstić information content (AvgIpc) is 2.86. The molecule has 1 heterocycles. The molecule has 152 valence electrons. The third-order valence-electron chi connectivity index (χ3n) is 4.56. The molecular weight excluding hydrogens is 352 g/mol. The smallest absolute Gasteiger partial charge is 0.221 e. The molecule has 3 N–H and O–H groups in total. The number of guanidine groups is 1. The predicted octanol–water partition coefficient (Wildman–Crippen LogP) is 2.68. The van der Waals surface area contributed by atoms with Gasteiger partial charge in [0.2, 0.25) is 5.91 Å². The lowest BCUT2D eigenvalue weighted by Gasteiger charge is -2.18. The van der Waals surface area contributed by atoms with Crippen molar-refractivity contribution in [2.24, 2.45) is 12.0 Å². The Morgan fingerprint density at radius 1 is 1.32 bits per heavy atom. The number of nitrogens with zero attached hydrogens (tertiary/aromatic N) is 3. The van der Waals surface area contributed by atoms with Gasteiger partial charge in [0.1, 0.15) is 0 Å². The maximum absolute atomic E-state index is 11.2. The highest BCUT2D eigenvalue weighted by Crippen LogP contribution is 2.14. The molecule has 28 heavy (non-hydrogen) atoms. The highest BCUT2D eigenvalue weighted by atomic mass is 16.1. The lowest BCUT2D eigenvalue weighted by atomic mass is 10.1. The van der Waals surface area contributed by atoms with Gasteiger partial charge in [-0.25, -0.2) is 4.99 Å². The van der Waals surface area contributed by atoms with E-state index < -0.39 is 0 Å². The first-order chi connectivity index (χ1) is 13.3.